The summed E-state index contributed by atoms with van der Waals surface area (Å²) in [6.07, 6.45) is 2.75. The van der Waals surface area contributed by atoms with Gasteiger partial charge in [0.1, 0.15) is 18.1 Å². The second-order valence-corrected chi connectivity index (χ2v) is 5.80. The second kappa shape index (κ2) is 11.2. The molecule has 3 atom stereocenters. The highest BCUT2D eigenvalue weighted by Gasteiger charge is 2.28. The topological polar surface area (TPSA) is 200 Å². The van der Waals surface area contributed by atoms with Gasteiger partial charge in [0.2, 0.25) is 17.7 Å². The number of carbonyl (C=O) groups is 4. The van der Waals surface area contributed by atoms with Crippen molar-refractivity contribution in [2.24, 2.45) is 5.73 Å². The number of nitrogens with two attached hydrogens (primary N) is 1. The number of hydrogen-bond donors (Lipinski definition) is 8. The Hall–Kier alpha value is -2.64. The van der Waals surface area contributed by atoms with Gasteiger partial charge < -0.3 is 36.9 Å². The minimum absolute atomic E-state index is 0.0415. The molecule has 0 spiro atoms. The monoisotopic (exact) mass is 402 g/mol. The summed E-state index contributed by atoms with van der Waals surface area (Å²) in [4.78, 5) is 53.5. The first-order chi connectivity index (χ1) is 12.8. The number of aliphatic carboxylic acids is 1. The van der Waals surface area contributed by atoms with Crippen LogP contribution < -0.4 is 21.7 Å². The Morgan fingerprint density at radius 1 is 1.15 bits per heavy atom. The van der Waals surface area contributed by atoms with Gasteiger partial charge in [-0.15, -0.1) is 0 Å². The zero-order chi connectivity index (χ0) is 20.4. The van der Waals surface area contributed by atoms with Crippen molar-refractivity contribution in [3.8, 4) is 0 Å². The number of amides is 3. The quantitative estimate of drug-likeness (QED) is 0.173. The van der Waals surface area contributed by atoms with Gasteiger partial charge >= 0.3 is 5.97 Å². The molecule has 0 radical (unpaired) electrons. The van der Waals surface area contributed by atoms with Crippen LogP contribution in [0.1, 0.15) is 5.69 Å². The van der Waals surface area contributed by atoms with Gasteiger partial charge in [0, 0.05) is 24.1 Å². The van der Waals surface area contributed by atoms with Crippen molar-refractivity contribution in [1.29, 1.82) is 0 Å². The fraction of sp³-hybridized carbons (Fsp3) is 0.500. The van der Waals surface area contributed by atoms with Gasteiger partial charge in [0.15, 0.2) is 0 Å². The number of thiol groups is 1. The van der Waals surface area contributed by atoms with E-state index < -0.39 is 48.4 Å². The molecule has 12 nitrogen and oxygen atoms in total. The number of carboxylic acid groups (broad SMARTS) is 1. The fourth-order valence-electron chi connectivity index (χ4n) is 2.00. The number of aromatic nitrogens is 2. The van der Waals surface area contributed by atoms with E-state index in [0.29, 0.717) is 5.69 Å². The smallest absolute Gasteiger partial charge is 0.326 e. The van der Waals surface area contributed by atoms with Crippen LogP contribution in [0.25, 0.3) is 0 Å². The number of carboxylic acids is 1. The number of rotatable bonds is 11. The third kappa shape index (κ3) is 7.24. The molecule has 3 unspecified atom stereocenters. The maximum Gasteiger partial charge on any atom is 0.326 e. The van der Waals surface area contributed by atoms with Gasteiger partial charge in [-0.2, -0.15) is 12.6 Å². The van der Waals surface area contributed by atoms with Gasteiger partial charge in [-0.3, -0.25) is 14.4 Å². The zero-order valence-electron chi connectivity index (χ0n) is 14.2. The van der Waals surface area contributed by atoms with Crippen molar-refractivity contribution in [1.82, 2.24) is 25.9 Å². The predicted octanol–water partition coefficient (Wildman–Crippen LogP) is -3.63. The van der Waals surface area contributed by atoms with Crippen LogP contribution in [0.5, 0.6) is 0 Å². The lowest BCUT2D eigenvalue weighted by Crippen LogP contribution is -2.57. The van der Waals surface area contributed by atoms with Crippen LogP contribution in [-0.2, 0) is 25.6 Å². The Balaban J connectivity index is 2.72. The molecule has 1 rings (SSSR count). The summed E-state index contributed by atoms with van der Waals surface area (Å²) in [7, 11) is 0. The molecular formula is C14H22N6O6S. The van der Waals surface area contributed by atoms with Crippen LogP contribution in [-0.4, -0.2) is 80.9 Å². The molecule has 0 aliphatic heterocycles. The highest BCUT2D eigenvalue weighted by Crippen LogP contribution is 2.01. The van der Waals surface area contributed by atoms with E-state index in [2.05, 4.69) is 38.5 Å². The van der Waals surface area contributed by atoms with Gasteiger partial charge in [-0.05, 0) is 0 Å². The minimum Gasteiger partial charge on any atom is -0.480 e. The van der Waals surface area contributed by atoms with Crippen LogP contribution >= 0.6 is 12.6 Å². The van der Waals surface area contributed by atoms with E-state index in [1.165, 1.54) is 12.5 Å². The summed E-state index contributed by atoms with van der Waals surface area (Å²) in [6, 6.07) is -3.76. The molecule has 27 heavy (non-hydrogen) atoms. The second-order valence-electron chi connectivity index (χ2n) is 5.43. The average molecular weight is 402 g/mol. The van der Waals surface area contributed by atoms with Crippen LogP contribution in [0, 0.1) is 0 Å². The molecule has 1 aromatic heterocycles. The van der Waals surface area contributed by atoms with Crippen molar-refractivity contribution in [2.75, 3.05) is 18.9 Å². The molecular weight excluding hydrogens is 380 g/mol. The standard InChI is InChI=1S/C14H22N6O6S/c15-2-11(22)18-9(4-21)12(23)20-10(5-27)13(24)19-8(14(25)26)1-7-3-16-6-17-7/h3,6,8-10,21,27H,1-2,4-5,15H2,(H,16,17)(H,18,22)(H,19,24)(H,20,23)(H,25,26). The normalized spacial score (nSPS) is 13.9. The lowest BCUT2D eigenvalue weighted by atomic mass is 10.1. The number of aliphatic hydroxyl groups is 1. The number of carbonyl (C=O) groups excluding carboxylic acids is 3. The number of H-pyrrole nitrogens is 1. The summed E-state index contributed by atoms with van der Waals surface area (Å²) in [5.41, 5.74) is 5.62. The maximum absolute atomic E-state index is 12.3. The first-order valence-corrected chi connectivity index (χ1v) is 8.47. The number of hydrogen-bond acceptors (Lipinski definition) is 8. The maximum atomic E-state index is 12.3. The summed E-state index contributed by atoms with van der Waals surface area (Å²) in [5, 5.41) is 25.2. The number of aliphatic hydroxyl groups excluding tert-OH is 1. The van der Waals surface area contributed by atoms with E-state index in [0.717, 1.165) is 0 Å². The largest absolute Gasteiger partial charge is 0.480 e. The number of aromatic amines is 1. The van der Waals surface area contributed by atoms with Gasteiger partial charge in [0.05, 0.1) is 19.5 Å². The molecule has 150 valence electrons. The number of imidazole rings is 1. The molecule has 0 bridgehead atoms. The molecule has 1 heterocycles. The highest BCUT2D eigenvalue weighted by atomic mass is 32.1. The Bertz CT molecular complexity index is 655. The van der Waals surface area contributed by atoms with Crippen molar-refractivity contribution in [3.63, 3.8) is 0 Å². The lowest BCUT2D eigenvalue weighted by molar-refractivity contribution is -0.142. The Labute approximate surface area is 159 Å². The minimum atomic E-state index is -1.31. The lowest BCUT2D eigenvalue weighted by Gasteiger charge is -2.22. The fourth-order valence-corrected chi connectivity index (χ4v) is 2.26. The highest BCUT2D eigenvalue weighted by molar-refractivity contribution is 7.80. The van der Waals surface area contributed by atoms with E-state index in [1.54, 1.807) is 0 Å². The van der Waals surface area contributed by atoms with Crippen molar-refractivity contribution in [2.45, 2.75) is 24.5 Å². The van der Waals surface area contributed by atoms with Crippen LogP contribution in [0.15, 0.2) is 12.5 Å². The van der Waals surface area contributed by atoms with Crippen molar-refractivity contribution in [3.05, 3.63) is 18.2 Å². The molecule has 0 aliphatic rings. The third-order valence-corrected chi connectivity index (χ3v) is 3.79. The van der Waals surface area contributed by atoms with E-state index in [9.17, 15) is 29.4 Å². The molecule has 0 saturated heterocycles. The Morgan fingerprint density at radius 3 is 2.26 bits per heavy atom. The van der Waals surface area contributed by atoms with Crippen LogP contribution in [0.3, 0.4) is 0 Å². The SMILES string of the molecule is NCC(=O)NC(CO)C(=O)NC(CS)C(=O)NC(Cc1cnc[nH]1)C(=O)O. The predicted molar refractivity (Wildman–Crippen MR) is 95.7 cm³/mol. The molecule has 13 heteroatoms. The van der Waals surface area contributed by atoms with E-state index in [-0.39, 0.29) is 18.7 Å². The molecule has 0 saturated carbocycles. The first kappa shape index (κ1) is 22.4. The van der Waals surface area contributed by atoms with E-state index in [1.807, 2.05) is 0 Å². The molecule has 8 N–H and O–H groups in total. The Morgan fingerprint density at radius 2 is 1.78 bits per heavy atom. The number of nitrogens with zero attached hydrogens (tertiary/aromatic N) is 1. The Kier molecular flexibility index (Phi) is 9.25. The zero-order valence-corrected chi connectivity index (χ0v) is 15.1. The molecule has 0 aromatic carbocycles. The van der Waals surface area contributed by atoms with Crippen molar-refractivity contribution >= 4 is 36.3 Å². The first-order valence-electron chi connectivity index (χ1n) is 7.84. The average Bonchev–Trinajstić information content (AvgIpc) is 3.15. The number of nitrogens with one attached hydrogen (secondary N) is 4. The summed E-state index contributed by atoms with van der Waals surface area (Å²) < 4.78 is 0. The molecule has 1 aromatic rings. The third-order valence-electron chi connectivity index (χ3n) is 3.43. The summed E-state index contributed by atoms with van der Waals surface area (Å²) >= 11 is 3.97. The van der Waals surface area contributed by atoms with Crippen LogP contribution in [0.2, 0.25) is 0 Å². The molecule has 3 amide bonds. The van der Waals surface area contributed by atoms with E-state index >= 15 is 0 Å². The molecule has 0 fully saturated rings. The van der Waals surface area contributed by atoms with Gasteiger partial charge in [-0.25, -0.2) is 9.78 Å². The summed E-state index contributed by atoms with van der Waals surface area (Å²) in [5.74, 6) is -3.70. The van der Waals surface area contributed by atoms with Crippen molar-refractivity contribution < 1.29 is 29.4 Å². The molecule has 0 aliphatic carbocycles. The van der Waals surface area contributed by atoms with Crippen LogP contribution in [0.4, 0.5) is 0 Å². The summed E-state index contributed by atoms with van der Waals surface area (Å²) in [6.45, 7) is -1.09. The van der Waals surface area contributed by atoms with Gasteiger partial charge in [-0.1, -0.05) is 0 Å². The van der Waals surface area contributed by atoms with Gasteiger partial charge in [0.25, 0.3) is 0 Å². The van der Waals surface area contributed by atoms with E-state index in [4.69, 9.17) is 5.73 Å².